The second-order valence-corrected chi connectivity index (χ2v) is 9.69. The highest BCUT2D eigenvalue weighted by atomic mass is 35.5. The third-order valence-corrected chi connectivity index (χ3v) is 7.15. The molecule has 12 heteroatoms. The highest BCUT2D eigenvalue weighted by Crippen LogP contribution is 2.36. The van der Waals surface area contributed by atoms with Crippen molar-refractivity contribution in [3.05, 3.63) is 39.4 Å². The van der Waals surface area contributed by atoms with Gasteiger partial charge in [0.1, 0.15) is 0 Å². The lowest BCUT2D eigenvalue weighted by molar-refractivity contribution is -0.137. The van der Waals surface area contributed by atoms with Crippen molar-refractivity contribution in [1.82, 2.24) is 9.71 Å². The zero-order chi connectivity index (χ0) is 21.2. The first-order valence-corrected chi connectivity index (χ1v) is 11.4. The number of benzene rings is 1. The first-order valence-electron chi connectivity index (χ1n) is 8.71. The van der Waals surface area contributed by atoms with E-state index in [1.807, 2.05) is 0 Å². The van der Waals surface area contributed by atoms with E-state index in [1.54, 1.807) is 0 Å². The number of alkyl halides is 3. The van der Waals surface area contributed by atoms with E-state index in [2.05, 4.69) is 15.0 Å². The summed E-state index contributed by atoms with van der Waals surface area (Å²) in [4.78, 5) is 17.0. The van der Waals surface area contributed by atoms with Gasteiger partial charge in [0, 0.05) is 17.8 Å². The number of nitrogens with one attached hydrogen (secondary N) is 2. The van der Waals surface area contributed by atoms with Crippen LogP contribution in [0.15, 0.2) is 23.1 Å². The van der Waals surface area contributed by atoms with E-state index in [0.29, 0.717) is 11.2 Å². The number of sulfonamides is 1. The second kappa shape index (κ2) is 8.58. The predicted octanol–water partition coefficient (Wildman–Crippen LogP) is 4.00. The molecule has 3 rings (SSSR count). The summed E-state index contributed by atoms with van der Waals surface area (Å²) in [6.45, 7) is -0.275. The fourth-order valence-corrected chi connectivity index (χ4v) is 5.21. The Labute approximate surface area is 174 Å². The van der Waals surface area contributed by atoms with Gasteiger partial charge in [-0.1, -0.05) is 11.6 Å². The van der Waals surface area contributed by atoms with Gasteiger partial charge in [-0.2, -0.15) is 13.2 Å². The van der Waals surface area contributed by atoms with Crippen LogP contribution in [-0.2, 0) is 33.8 Å². The molecule has 1 aliphatic rings. The van der Waals surface area contributed by atoms with Gasteiger partial charge in [0.05, 0.1) is 21.2 Å². The van der Waals surface area contributed by atoms with Crippen LogP contribution in [0.2, 0.25) is 5.02 Å². The lowest BCUT2D eigenvalue weighted by atomic mass is 10.0. The van der Waals surface area contributed by atoms with Crippen molar-refractivity contribution in [2.24, 2.45) is 0 Å². The average molecular weight is 468 g/mol. The number of aryl methyl sites for hydroxylation is 2. The van der Waals surface area contributed by atoms with Crippen LogP contribution in [0.1, 0.15) is 35.4 Å². The fourth-order valence-electron chi connectivity index (χ4n) is 2.86. The van der Waals surface area contributed by atoms with Crippen LogP contribution < -0.4 is 10.0 Å². The number of aromatic nitrogens is 1. The fraction of sp³-hybridized carbons (Fsp3) is 0.412. The lowest BCUT2D eigenvalue weighted by Crippen LogP contribution is -2.28. The van der Waals surface area contributed by atoms with Gasteiger partial charge in [0.15, 0.2) is 5.13 Å². The standard InChI is InChI=1S/C17H17ClF3N3O3S2/c18-12-6-5-10(9-11(12)17(19,20)21)29(26,27)22-8-7-15(25)24-16-23-13-3-1-2-4-14(13)28-16/h5-6,9,22H,1-4,7-8H2,(H,23,24,25). The smallest absolute Gasteiger partial charge is 0.302 e. The lowest BCUT2D eigenvalue weighted by Gasteiger charge is -2.12. The Bertz CT molecular complexity index is 999. The van der Waals surface area contributed by atoms with Crippen molar-refractivity contribution in [1.29, 1.82) is 0 Å². The minimum Gasteiger partial charge on any atom is -0.302 e. The molecule has 0 radical (unpaired) electrons. The molecule has 0 spiro atoms. The van der Waals surface area contributed by atoms with E-state index >= 15 is 0 Å². The summed E-state index contributed by atoms with van der Waals surface area (Å²) in [6.07, 6.45) is -1.01. The van der Waals surface area contributed by atoms with Crippen molar-refractivity contribution < 1.29 is 26.4 Å². The van der Waals surface area contributed by atoms with Gasteiger partial charge >= 0.3 is 6.18 Å². The van der Waals surface area contributed by atoms with E-state index in [-0.39, 0.29) is 13.0 Å². The molecule has 2 aromatic rings. The molecule has 0 bridgehead atoms. The molecule has 158 valence electrons. The van der Waals surface area contributed by atoms with Crippen molar-refractivity contribution in [3.63, 3.8) is 0 Å². The number of rotatable bonds is 6. The molecule has 1 heterocycles. The van der Waals surface area contributed by atoms with E-state index in [9.17, 15) is 26.4 Å². The average Bonchev–Trinajstić information content (AvgIpc) is 3.02. The van der Waals surface area contributed by atoms with E-state index in [0.717, 1.165) is 48.4 Å². The molecule has 0 atom stereocenters. The summed E-state index contributed by atoms with van der Waals surface area (Å²) in [5.41, 5.74) is -0.256. The van der Waals surface area contributed by atoms with Crippen LogP contribution in [0.25, 0.3) is 0 Å². The molecule has 0 saturated heterocycles. The van der Waals surface area contributed by atoms with Crippen LogP contribution in [0.3, 0.4) is 0 Å². The molecule has 0 unspecified atom stereocenters. The van der Waals surface area contributed by atoms with Crippen molar-refractivity contribution >= 4 is 44.0 Å². The normalized spacial score (nSPS) is 14.5. The summed E-state index contributed by atoms with van der Waals surface area (Å²) in [5, 5.41) is 2.50. The van der Waals surface area contributed by atoms with E-state index in [1.165, 1.54) is 11.3 Å². The Balaban J connectivity index is 1.58. The largest absolute Gasteiger partial charge is 0.417 e. The maximum Gasteiger partial charge on any atom is 0.417 e. The highest BCUT2D eigenvalue weighted by molar-refractivity contribution is 7.89. The maximum absolute atomic E-state index is 12.9. The number of carbonyl (C=O) groups is 1. The molecule has 2 N–H and O–H groups in total. The highest BCUT2D eigenvalue weighted by Gasteiger charge is 2.34. The summed E-state index contributed by atoms with van der Waals surface area (Å²) < 4.78 is 65.3. The molecule has 1 amide bonds. The minimum atomic E-state index is -4.78. The van der Waals surface area contributed by atoms with Gasteiger partial charge in [-0.25, -0.2) is 18.1 Å². The number of amides is 1. The topological polar surface area (TPSA) is 88.2 Å². The van der Waals surface area contributed by atoms with Crippen LogP contribution >= 0.6 is 22.9 Å². The first-order chi connectivity index (χ1) is 13.6. The number of carbonyl (C=O) groups excluding carboxylic acids is 1. The molecular weight excluding hydrogens is 451 g/mol. The van der Waals surface area contributed by atoms with E-state index in [4.69, 9.17) is 11.6 Å². The maximum atomic E-state index is 12.9. The molecule has 0 fully saturated rings. The quantitative estimate of drug-likeness (QED) is 0.672. The van der Waals surface area contributed by atoms with Crippen LogP contribution in [0.5, 0.6) is 0 Å². The van der Waals surface area contributed by atoms with Gasteiger partial charge in [-0.05, 0) is 43.9 Å². The molecule has 1 aromatic heterocycles. The first kappa shape index (κ1) is 22.0. The van der Waals surface area contributed by atoms with Gasteiger partial charge in [-0.3, -0.25) is 4.79 Å². The van der Waals surface area contributed by atoms with E-state index < -0.39 is 37.6 Å². The van der Waals surface area contributed by atoms with Gasteiger partial charge in [0.2, 0.25) is 15.9 Å². The third-order valence-electron chi connectivity index (χ3n) is 4.29. The number of halogens is 4. The Morgan fingerprint density at radius 1 is 1.24 bits per heavy atom. The summed E-state index contributed by atoms with van der Waals surface area (Å²) in [7, 11) is -4.23. The van der Waals surface area contributed by atoms with Crippen molar-refractivity contribution in [2.45, 2.75) is 43.2 Å². The van der Waals surface area contributed by atoms with Crippen LogP contribution in [-0.4, -0.2) is 25.9 Å². The molecule has 0 saturated carbocycles. The minimum absolute atomic E-state index is 0.191. The van der Waals surface area contributed by atoms with Gasteiger partial charge in [-0.15, -0.1) is 11.3 Å². The predicted molar refractivity (Wildman–Crippen MR) is 104 cm³/mol. The van der Waals surface area contributed by atoms with Crippen LogP contribution in [0.4, 0.5) is 18.3 Å². The zero-order valence-electron chi connectivity index (χ0n) is 15.0. The Kier molecular flexibility index (Phi) is 6.51. The molecule has 1 aliphatic carbocycles. The Morgan fingerprint density at radius 2 is 1.97 bits per heavy atom. The number of nitrogens with zero attached hydrogens (tertiary/aromatic N) is 1. The SMILES string of the molecule is O=C(CCNS(=O)(=O)c1ccc(Cl)c(C(F)(F)F)c1)Nc1nc2c(s1)CCCC2. The second-order valence-electron chi connectivity index (χ2n) is 6.43. The number of hydrogen-bond acceptors (Lipinski definition) is 5. The Morgan fingerprint density at radius 3 is 2.66 bits per heavy atom. The number of hydrogen-bond donors (Lipinski definition) is 2. The summed E-state index contributed by atoms with van der Waals surface area (Å²) >= 11 is 6.90. The van der Waals surface area contributed by atoms with Gasteiger partial charge < -0.3 is 5.32 Å². The molecular formula is C17H17ClF3N3O3S2. The zero-order valence-corrected chi connectivity index (χ0v) is 17.4. The molecule has 6 nitrogen and oxygen atoms in total. The molecule has 29 heavy (non-hydrogen) atoms. The van der Waals surface area contributed by atoms with Crippen LogP contribution in [0, 0.1) is 0 Å². The molecule has 1 aromatic carbocycles. The number of thiazole rings is 1. The summed E-state index contributed by atoms with van der Waals surface area (Å²) in [5.74, 6) is -0.439. The Hall–Kier alpha value is -1.69. The van der Waals surface area contributed by atoms with Gasteiger partial charge in [0.25, 0.3) is 0 Å². The number of fused-ring (bicyclic) bond motifs is 1. The summed E-state index contributed by atoms with van der Waals surface area (Å²) in [6, 6.07) is 2.31. The molecule has 0 aliphatic heterocycles. The van der Waals surface area contributed by atoms with Crippen molar-refractivity contribution in [2.75, 3.05) is 11.9 Å². The van der Waals surface area contributed by atoms with Crippen molar-refractivity contribution in [3.8, 4) is 0 Å². The monoisotopic (exact) mass is 467 g/mol. The third kappa shape index (κ3) is 5.47. The number of anilines is 1.